The summed E-state index contributed by atoms with van der Waals surface area (Å²) in [6.07, 6.45) is 0.685. The molecule has 0 aromatic rings. The maximum absolute atomic E-state index is 10.4. The van der Waals surface area contributed by atoms with Crippen molar-refractivity contribution in [2.75, 3.05) is 0 Å². The molecule has 11 heavy (non-hydrogen) atoms. The quantitative estimate of drug-likeness (QED) is 0.566. The highest BCUT2D eigenvalue weighted by Crippen LogP contribution is 2.16. The number of urea groups is 1. The molecule has 0 bridgehead atoms. The molecule has 4 heteroatoms. The molecule has 0 aliphatic rings. The number of amides is 2. The van der Waals surface area contributed by atoms with E-state index in [0.717, 1.165) is 0 Å². The fourth-order valence-corrected chi connectivity index (χ4v) is 0.608. The van der Waals surface area contributed by atoms with Crippen LogP contribution in [-0.4, -0.2) is 18.4 Å². The first-order chi connectivity index (χ1) is 4.88. The molecule has 0 aliphatic carbocycles. The van der Waals surface area contributed by atoms with Gasteiger partial charge in [0.05, 0.1) is 6.04 Å². The predicted molar refractivity (Wildman–Crippen MR) is 42.0 cm³/mol. The number of aldehydes is 1. The summed E-state index contributed by atoms with van der Waals surface area (Å²) in [6.45, 7) is 5.55. The Kier molecular flexibility index (Phi) is 3.04. The number of hydrogen-bond donors (Lipinski definition) is 2. The van der Waals surface area contributed by atoms with Gasteiger partial charge in [-0.25, -0.2) is 4.79 Å². The van der Waals surface area contributed by atoms with Crippen molar-refractivity contribution >= 4 is 12.3 Å². The molecule has 0 aromatic heterocycles. The SMILES string of the molecule is CC(C)(C)C(C=O)NC(N)=O. The van der Waals surface area contributed by atoms with Gasteiger partial charge in [-0.15, -0.1) is 0 Å². The van der Waals surface area contributed by atoms with Gasteiger partial charge in [0.15, 0.2) is 0 Å². The molecule has 0 heterocycles. The van der Waals surface area contributed by atoms with Crippen molar-refractivity contribution in [2.45, 2.75) is 26.8 Å². The van der Waals surface area contributed by atoms with Gasteiger partial charge < -0.3 is 15.8 Å². The van der Waals surface area contributed by atoms with Crippen LogP contribution < -0.4 is 11.1 Å². The first kappa shape index (κ1) is 9.94. The average Bonchev–Trinajstić information content (AvgIpc) is 1.79. The van der Waals surface area contributed by atoms with Crippen LogP contribution in [-0.2, 0) is 4.79 Å². The molecule has 3 N–H and O–H groups in total. The zero-order chi connectivity index (χ0) is 9.07. The van der Waals surface area contributed by atoms with Gasteiger partial charge in [0.1, 0.15) is 6.29 Å². The lowest BCUT2D eigenvalue weighted by atomic mass is 9.88. The van der Waals surface area contributed by atoms with Crippen LogP contribution in [0.4, 0.5) is 4.79 Å². The Bertz CT molecular complexity index is 160. The Labute approximate surface area is 66.1 Å². The predicted octanol–water partition coefficient (Wildman–Crippen LogP) is 0.268. The molecule has 1 atom stereocenters. The highest BCUT2D eigenvalue weighted by atomic mass is 16.2. The molecule has 0 saturated carbocycles. The smallest absolute Gasteiger partial charge is 0.312 e. The number of nitrogens with two attached hydrogens (primary N) is 1. The standard InChI is InChI=1S/C7H14N2O2/c1-7(2,3)5(4-10)9-6(8)11/h4-5H,1-3H3,(H3,8,9,11). The molecular weight excluding hydrogens is 144 g/mol. The lowest BCUT2D eigenvalue weighted by Crippen LogP contribution is -2.47. The lowest BCUT2D eigenvalue weighted by Gasteiger charge is -2.25. The van der Waals surface area contributed by atoms with E-state index in [1.807, 2.05) is 20.8 Å². The van der Waals surface area contributed by atoms with Gasteiger partial charge in [0, 0.05) is 0 Å². The molecule has 0 saturated heterocycles. The molecule has 2 amide bonds. The third-order valence-electron chi connectivity index (χ3n) is 1.37. The minimum absolute atomic E-state index is 0.281. The molecule has 0 aromatic carbocycles. The summed E-state index contributed by atoms with van der Waals surface area (Å²) < 4.78 is 0. The van der Waals surface area contributed by atoms with Crippen molar-refractivity contribution in [3.05, 3.63) is 0 Å². The van der Waals surface area contributed by atoms with Gasteiger partial charge >= 0.3 is 6.03 Å². The van der Waals surface area contributed by atoms with Crippen LogP contribution in [0.1, 0.15) is 20.8 Å². The molecule has 4 nitrogen and oxygen atoms in total. The van der Waals surface area contributed by atoms with Crippen molar-refractivity contribution < 1.29 is 9.59 Å². The van der Waals surface area contributed by atoms with E-state index >= 15 is 0 Å². The zero-order valence-corrected chi connectivity index (χ0v) is 7.05. The molecule has 0 aliphatic heterocycles. The van der Waals surface area contributed by atoms with Crippen molar-refractivity contribution in [1.82, 2.24) is 5.32 Å². The lowest BCUT2D eigenvalue weighted by molar-refractivity contribution is -0.111. The second kappa shape index (κ2) is 3.37. The summed E-state index contributed by atoms with van der Waals surface area (Å²) in [5.74, 6) is 0. The van der Waals surface area contributed by atoms with E-state index in [1.165, 1.54) is 0 Å². The molecule has 0 radical (unpaired) electrons. The van der Waals surface area contributed by atoms with E-state index in [0.29, 0.717) is 6.29 Å². The Hall–Kier alpha value is -1.06. The Balaban J connectivity index is 4.18. The minimum atomic E-state index is -0.669. The van der Waals surface area contributed by atoms with Crippen LogP contribution in [0.15, 0.2) is 0 Å². The molecule has 0 rings (SSSR count). The molecule has 1 unspecified atom stereocenters. The largest absolute Gasteiger partial charge is 0.352 e. The molecule has 64 valence electrons. The van der Waals surface area contributed by atoms with Crippen molar-refractivity contribution in [2.24, 2.45) is 11.1 Å². The Morgan fingerprint density at radius 1 is 1.55 bits per heavy atom. The highest BCUT2D eigenvalue weighted by molar-refractivity contribution is 5.76. The van der Waals surface area contributed by atoms with Gasteiger partial charge in [0.2, 0.25) is 0 Å². The van der Waals surface area contributed by atoms with Crippen LogP contribution in [0.2, 0.25) is 0 Å². The summed E-state index contributed by atoms with van der Waals surface area (Å²) in [6, 6.07) is -1.18. The molecule has 0 spiro atoms. The third kappa shape index (κ3) is 3.60. The van der Waals surface area contributed by atoms with Crippen LogP contribution >= 0.6 is 0 Å². The van der Waals surface area contributed by atoms with Crippen LogP contribution in [0.5, 0.6) is 0 Å². The normalized spacial score (nSPS) is 13.7. The van der Waals surface area contributed by atoms with E-state index in [4.69, 9.17) is 5.73 Å². The fraction of sp³-hybridized carbons (Fsp3) is 0.714. The summed E-state index contributed by atoms with van der Waals surface area (Å²) in [7, 11) is 0. The average molecular weight is 158 g/mol. The second-order valence-electron chi connectivity index (χ2n) is 3.49. The number of carbonyl (C=O) groups is 2. The Morgan fingerprint density at radius 2 is 2.00 bits per heavy atom. The third-order valence-corrected chi connectivity index (χ3v) is 1.37. The number of primary amides is 1. The van der Waals surface area contributed by atoms with Gasteiger partial charge in [-0.2, -0.15) is 0 Å². The Morgan fingerprint density at radius 3 is 2.09 bits per heavy atom. The fourth-order valence-electron chi connectivity index (χ4n) is 0.608. The van der Waals surface area contributed by atoms with E-state index in [9.17, 15) is 9.59 Å². The van der Waals surface area contributed by atoms with Crippen molar-refractivity contribution in [1.29, 1.82) is 0 Å². The minimum Gasteiger partial charge on any atom is -0.352 e. The first-order valence-corrected chi connectivity index (χ1v) is 3.39. The maximum Gasteiger partial charge on any atom is 0.312 e. The van der Waals surface area contributed by atoms with Crippen LogP contribution in [0.25, 0.3) is 0 Å². The molecule has 0 fully saturated rings. The van der Waals surface area contributed by atoms with E-state index in [2.05, 4.69) is 5.32 Å². The summed E-state index contributed by atoms with van der Waals surface area (Å²) in [4.78, 5) is 20.8. The first-order valence-electron chi connectivity index (χ1n) is 3.39. The summed E-state index contributed by atoms with van der Waals surface area (Å²) in [5, 5.41) is 2.34. The summed E-state index contributed by atoms with van der Waals surface area (Å²) >= 11 is 0. The van der Waals surface area contributed by atoms with Crippen molar-refractivity contribution in [3.8, 4) is 0 Å². The summed E-state index contributed by atoms with van der Waals surface area (Å²) in [5.41, 5.74) is 4.58. The van der Waals surface area contributed by atoms with Gasteiger partial charge in [-0.05, 0) is 5.41 Å². The van der Waals surface area contributed by atoms with Gasteiger partial charge in [-0.3, -0.25) is 0 Å². The van der Waals surface area contributed by atoms with Crippen LogP contribution in [0.3, 0.4) is 0 Å². The van der Waals surface area contributed by atoms with E-state index in [1.54, 1.807) is 0 Å². The van der Waals surface area contributed by atoms with E-state index in [-0.39, 0.29) is 5.41 Å². The monoisotopic (exact) mass is 158 g/mol. The number of rotatable bonds is 2. The number of hydrogen-bond acceptors (Lipinski definition) is 2. The number of carbonyl (C=O) groups excluding carboxylic acids is 2. The van der Waals surface area contributed by atoms with E-state index < -0.39 is 12.1 Å². The molecular formula is C7H14N2O2. The zero-order valence-electron chi connectivity index (χ0n) is 7.05. The van der Waals surface area contributed by atoms with Crippen LogP contribution in [0, 0.1) is 5.41 Å². The second-order valence-corrected chi connectivity index (χ2v) is 3.49. The van der Waals surface area contributed by atoms with Gasteiger partial charge in [0.25, 0.3) is 0 Å². The number of nitrogens with one attached hydrogen (secondary N) is 1. The maximum atomic E-state index is 10.4. The topological polar surface area (TPSA) is 72.2 Å². The van der Waals surface area contributed by atoms with Crippen molar-refractivity contribution in [3.63, 3.8) is 0 Å². The highest BCUT2D eigenvalue weighted by Gasteiger charge is 2.24. The van der Waals surface area contributed by atoms with Gasteiger partial charge in [-0.1, -0.05) is 20.8 Å².